The fourth-order valence-electron chi connectivity index (χ4n) is 1.72. The zero-order valence-electron chi connectivity index (χ0n) is 14.3. The first-order chi connectivity index (χ1) is 11.6. The highest BCUT2D eigenvalue weighted by Crippen LogP contribution is 2.04. The lowest BCUT2D eigenvalue weighted by atomic mass is 10.0. The van der Waals surface area contributed by atoms with Gasteiger partial charge in [0.15, 0.2) is 0 Å². The summed E-state index contributed by atoms with van der Waals surface area (Å²) in [6.45, 7) is 2.13. The third kappa shape index (κ3) is 11.5. The molecule has 142 valence electrons. The highest BCUT2D eigenvalue weighted by molar-refractivity contribution is 5.92. The number of carboxylic acids is 1. The largest absolute Gasteiger partial charge is 0.480 e. The van der Waals surface area contributed by atoms with Crippen molar-refractivity contribution in [3.05, 3.63) is 0 Å². The number of amides is 4. The average molecular weight is 359 g/mol. The van der Waals surface area contributed by atoms with E-state index >= 15 is 0 Å². The van der Waals surface area contributed by atoms with Crippen molar-refractivity contribution in [1.29, 1.82) is 0 Å². The molecule has 0 rings (SSSR count). The molecule has 11 nitrogen and oxygen atoms in total. The first kappa shape index (κ1) is 22.3. The number of hydrogen-bond donors (Lipinski definition) is 6. The van der Waals surface area contributed by atoms with Gasteiger partial charge in [-0.2, -0.15) is 0 Å². The standard InChI is InChI=1S/C14H25N5O6/c1-8(2)3-9(19-10(20)4-15)14(25)18-6-12(22)16-5-11(21)17-7-13(23)24/h8-9H,3-7,15H2,1-2H3,(H,16,22)(H,17,21)(H,18,25)(H,19,20)(H,23,24)/t9-/m0/s1. The van der Waals surface area contributed by atoms with E-state index in [1.807, 2.05) is 13.8 Å². The molecule has 1 atom stereocenters. The Morgan fingerprint density at radius 3 is 1.88 bits per heavy atom. The lowest BCUT2D eigenvalue weighted by Crippen LogP contribution is -2.51. The van der Waals surface area contributed by atoms with Gasteiger partial charge in [-0.05, 0) is 12.3 Å². The topological polar surface area (TPSA) is 180 Å². The van der Waals surface area contributed by atoms with E-state index in [4.69, 9.17) is 10.8 Å². The van der Waals surface area contributed by atoms with Crippen molar-refractivity contribution in [3.63, 3.8) is 0 Å². The van der Waals surface area contributed by atoms with Gasteiger partial charge in [-0.25, -0.2) is 0 Å². The van der Waals surface area contributed by atoms with E-state index in [0.29, 0.717) is 6.42 Å². The normalized spacial score (nSPS) is 11.4. The van der Waals surface area contributed by atoms with Gasteiger partial charge in [0.25, 0.3) is 0 Å². The van der Waals surface area contributed by atoms with Crippen LogP contribution < -0.4 is 27.0 Å². The Labute approximate surface area is 145 Å². The van der Waals surface area contributed by atoms with Gasteiger partial charge in [-0.1, -0.05) is 13.8 Å². The molecule has 25 heavy (non-hydrogen) atoms. The van der Waals surface area contributed by atoms with Crippen molar-refractivity contribution < 1.29 is 29.1 Å². The number of nitrogens with one attached hydrogen (secondary N) is 4. The van der Waals surface area contributed by atoms with Gasteiger partial charge < -0.3 is 32.1 Å². The van der Waals surface area contributed by atoms with Gasteiger partial charge in [0.1, 0.15) is 12.6 Å². The zero-order chi connectivity index (χ0) is 19.4. The molecule has 0 aliphatic carbocycles. The summed E-state index contributed by atoms with van der Waals surface area (Å²) in [7, 11) is 0. The predicted molar refractivity (Wildman–Crippen MR) is 87.1 cm³/mol. The number of hydrogen-bond acceptors (Lipinski definition) is 6. The van der Waals surface area contributed by atoms with Crippen LogP contribution in [-0.4, -0.2) is 66.9 Å². The second kappa shape index (κ2) is 11.8. The molecular weight excluding hydrogens is 334 g/mol. The van der Waals surface area contributed by atoms with Crippen LogP contribution in [0.2, 0.25) is 0 Å². The summed E-state index contributed by atoms with van der Waals surface area (Å²) in [5.41, 5.74) is 5.20. The SMILES string of the molecule is CC(C)C[C@H](NC(=O)CN)C(=O)NCC(=O)NCC(=O)NCC(=O)O. The maximum absolute atomic E-state index is 12.1. The first-order valence-corrected chi connectivity index (χ1v) is 7.68. The Bertz CT molecular complexity index is 508. The minimum atomic E-state index is -1.21. The summed E-state index contributed by atoms with van der Waals surface area (Å²) in [6, 6.07) is -0.817. The Kier molecular flexibility index (Phi) is 10.5. The Balaban J connectivity index is 4.29. The smallest absolute Gasteiger partial charge is 0.322 e. The lowest BCUT2D eigenvalue weighted by Gasteiger charge is -2.19. The maximum atomic E-state index is 12.1. The second-order valence-electron chi connectivity index (χ2n) is 5.62. The van der Waals surface area contributed by atoms with E-state index < -0.39 is 55.3 Å². The molecule has 0 saturated carbocycles. The van der Waals surface area contributed by atoms with Gasteiger partial charge in [-0.3, -0.25) is 24.0 Å². The molecule has 7 N–H and O–H groups in total. The zero-order valence-corrected chi connectivity index (χ0v) is 14.3. The molecule has 0 aromatic carbocycles. The van der Waals surface area contributed by atoms with Crippen LogP contribution in [0.4, 0.5) is 0 Å². The second-order valence-corrected chi connectivity index (χ2v) is 5.62. The quantitative estimate of drug-likeness (QED) is 0.226. The van der Waals surface area contributed by atoms with Crippen LogP contribution in [0.1, 0.15) is 20.3 Å². The monoisotopic (exact) mass is 359 g/mol. The summed E-state index contributed by atoms with van der Waals surface area (Å²) in [5, 5.41) is 17.5. The Hall–Kier alpha value is -2.69. The van der Waals surface area contributed by atoms with Crippen LogP contribution in [0.5, 0.6) is 0 Å². The van der Waals surface area contributed by atoms with Crippen molar-refractivity contribution in [1.82, 2.24) is 21.3 Å². The fraction of sp³-hybridized carbons (Fsp3) is 0.643. The minimum Gasteiger partial charge on any atom is -0.480 e. The van der Waals surface area contributed by atoms with Crippen LogP contribution >= 0.6 is 0 Å². The fourth-order valence-corrected chi connectivity index (χ4v) is 1.72. The maximum Gasteiger partial charge on any atom is 0.322 e. The van der Waals surface area contributed by atoms with E-state index in [0.717, 1.165) is 0 Å². The molecular formula is C14H25N5O6. The number of carboxylic acid groups (broad SMARTS) is 1. The summed E-state index contributed by atoms with van der Waals surface area (Å²) in [4.78, 5) is 56.5. The molecule has 0 aromatic heterocycles. The summed E-state index contributed by atoms with van der Waals surface area (Å²) < 4.78 is 0. The minimum absolute atomic E-state index is 0.126. The van der Waals surface area contributed by atoms with E-state index in [-0.39, 0.29) is 12.5 Å². The molecule has 0 saturated heterocycles. The lowest BCUT2D eigenvalue weighted by molar-refractivity contribution is -0.137. The third-order valence-electron chi connectivity index (χ3n) is 2.85. The predicted octanol–water partition coefficient (Wildman–Crippen LogP) is -3.09. The van der Waals surface area contributed by atoms with Crippen molar-refractivity contribution in [2.24, 2.45) is 11.7 Å². The van der Waals surface area contributed by atoms with E-state index in [9.17, 15) is 24.0 Å². The molecule has 0 fully saturated rings. The summed E-state index contributed by atoms with van der Waals surface area (Å²) in [5.74, 6) is -3.41. The number of aliphatic carboxylic acids is 1. The van der Waals surface area contributed by atoms with E-state index in [2.05, 4.69) is 21.3 Å². The van der Waals surface area contributed by atoms with Gasteiger partial charge >= 0.3 is 5.97 Å². The molecule has 0 aliphatic heterocycles. The van der Waals surface area contributed by atoms with Gasteiger partial charge in [0.2, 0.25) is 23.6 Å². The van der Waals surface area contributed by atoms with Gasteiger partial charge in [0, 0.05) is 0 Å². The highest BCUT2D eigenvalue weighted by atomic mass is 16.4. The highest BCUT2D eigenvalue weighted by Gasteiger charge is 2.21. The van der Waals surface area contributed by atoms with Gasteiger partial charge in [0.05, 0.1) is 19.6 Å². The number of rotatable bonds is 11. The number of carbonyl (C=O) groups is 5. The molecule has 0 unspecified atom stereocenters. The van der Waals surface area contributed by atoms with Crippen molar-refractivity contribution in [2.75, 3.05) is 26.2 Å². The van der Waals surface area contributed by atoms with Crippen molar-refractivity contribution >= 4 is 29.6 Å². The van der Waals surface area contributed by atoms with Crippen LogP contribution in [0.3, 0.4) is 0 Å². The van der Waals surface area contributed by atoms with E-state index in [1.165, 1.54) is 0 Å². The van der Waals surface area contributed by atoms with Crippen molar-refractivity contribution in [3.8, 4) is 0 Å². The third-order valence-corrected chi connectivity index (χ3v) is 2.85. The summed E-state index contributed by atoms with van der Waals surface area (Å²) >= 11 is 0. The first-order valence-electron chi connectivity index (χ1n) is 7.68. The Morgan fingerprint density at radius 2 is 1.40 bits per heavy atom. The number of nitrogens with two attached hydrogens (primary N) is 1. The molecule has 0 spiro atoms. The van der Waals surface area contributed by atoms with Crippen LogP contribution in [0.15, 0.2) is 0 Å². The number of carbonyl (C=O) groups excluding carboxylic acids is 4. The molecule has 4 amide bonds. The molecule has 0 heterocycles. The van der Waals surface area contributed by atoms with Crippen molar-refractivity contribution in [2.45, 2.75) is 26.3 Å². The summed E-state index contributed by atoms with van der Waals surface area (Å²) in [6.07, 6.45) is 0.372. The molecule has 0 aliphatic rings. The molecule has 0 bridgehead atoms. The molecule has 0 radical (unpaired) electrons. The van der Waals surface area contributed by atoms with Crippen LogP contribution in [-0.2, 0) is 24.0 Å². The van der Waals surface area contributed by atoms with Crippen LogP contribution in [0, 0.1) is 5.92 Å². The van der Waals surface area contributed by atoms with E-state index in [1.54, 1.807) is 0 Å². The van der Waals surface area contributed by atoms with Gasteiger partial charge in [-0.15, -0.1) is 0 Å². The Morgan fingerprint density at radius 1 is 0.880 bits per heavy atom. The van der Waals surface area contributed by atoms with Crippen LogP contribution in [0.25, 0.3) is 0 Å². The molecule has 11 heteroatoms. The molecule has 0 aromatic rings. The average Bonchev–Trinajstić information content (AvgIpc) is 2.54.